The number of nitrogens with zero attached hydrogens (tertiary/aromatic N) is 2. The first kappa shape index (κ1) is 19.5. The summed E-state index contributed by atoms with van der Waals surface area (Å²) in [6, 6.07) is 4.20. The second-order valence-corrected chi connectivity index (χ2v) is 5.42. The van der Waals surface area contributed by atoms with Crippen molar-refractivity contribution in [3.63, 3.8) is 0 Å². The summed E-state index contributed by atoms with van der Waals surface area (Å²) >= 11 is 0. The van der Waals surface area contributed by atoms with Crippen LogP contribution in [0.2, 0.25) is 0 Å². The monoisotopic (exact) mass is 370 g/mol. The minimum Gasteiger partial charge on any atom is -0.464 e. The van der Waals surface area contributed by atoms with Crippen molar-refractivity contribution in [3.8, 4) is 0 Å². The quantitative estimate of drug-likeness (QED) is 0.728. The molecule has 1 amide bonds. The largest absolute Gasteiger partial charge is 0.464 e. The Morgan fingerprint density at radius 3 is 2.65 bits per heavy atom. The summed E-state index contributed by atoms with van der Waals surface area (Å²) in [7, 11) is 1.19. The third-order valence-electron chi connectivity index (χ3n) is 3.49. The van der Waals surface area contributed by atoms with Crippen LogP contribution in [0.1, 0.15) is 45.6 Å². The maximum atomic E-state index is 12.8. The van der Waals surface area contributed by atoms with E-state index in [1.807, 2.05) is 6.92 Å². The highest BCUT2D eigenvalue weighted by atomic mass is 19.4. The van der Waals surface area contributed by atoms with Gasteiger partial charge in [0.25, 0.3) is 5.91 Å². The number of hydrogen-bond donors (Lipinski definition) is 0. The lowest BCUT2D eigenvalue weighted by atomic mass is 10.1. The zero-order valence-corrected chi connectivity index (χ0v) is 14.2. The number of oxazole rings is 1. The standard InChI is InChI=1S/C17H17F3N2O4/c1-3-7-22(9-14-21-13(10-26-14)16(24)25-2)15(23)11-5-4-6-12(8-11)17(18,19)20/h4-6,8,10H,3,7,9H2,1-2H3. The fourth-order valence-electron chi connectivity index (χ4n) is 2.28. The average Bonchev–Trinajstić information content (AvgIpc) is 3.08. The minimum atomic E-state index is -4.54. The maximum Gasteiger partial charge on any atom is 0.416 e. The molecule has 0 spiro atoms. The smallest absolute Gasteiger partial charge is 0.416 e. The molecule has 2 aromatic rings. The van der Waals surface area contributed by atoms with Crippen molar-refractivity contribution >= 4 is 11.9 Å². The van der Waals surface area contributed by atoms with E-state index in [9.17, 15) is 22.8 Å². The normalized spacial score (nSPS) is 11.3. The van der Waals surface area contributed by atoms with Crippen molar-refractivity contribution in [1.29, 1.82) is 0 Å². The molecule has 0 fully saturated rings. The molecule has 0 aliphatic carbocycles. The number of methoxy groups -OCH3 is 1. The van der Waals surface area contributed by atoms with Gasteiger partial charge in [-0.05, 0) is 24.6 Å². The van der Waals surface area contributed by atoms with E-state index in [4.69, 9.17) is 4.42 Å². The van der Waals surface area contributed by atoms with Crippen LogP contribution in [0, 0.1) is 0 Å². The van der Waals surface area contributed by atoms with Crippen LogP contribution in [0.4, 0.5) is 13.2 Å². The fraction of sp³-hybridized carbons (Fsp3) is 0.353. The number of hydrogen-bond acceptors (Lipinski definition) is 5. The van der Waals surface area contributed by atoms with Crippen molar-refractivity contribution in [1.82, 2.24) is 9.88 Å². The third kappa shape index (κ3) is 4.62. The van der Waals surface area contributed by atoms with Crippen molar-refractivity contribution in [2.45, 2.75) is 26.1 Å². The Morgan fingerprint density at radius 1 is 1.31 bits per heavy atom. The Balaban J connectivity index is 2.22. The molecule has 26 heavy (non-hydrogen) atoms. The molecule has 0 bridgehead atoms. The SMILES string of the molecule is CCCN(Cc1nc(C(=O)OC)co1)C(=O)c1cccc(C(F)(F)F)c1. The summed E-state index contributed by atoms with van der Waals surface area (Å²) in [6.07, 6.45) is -2.86. The van der Waals surface area contributed by atoms with Crippen molar-refractivity contribution < 1.29 is 31.9 Å². The van der Waals surface area contributed by atoms with Crippen molar-refractivity contribution in [3.05, 3.63) is 53.2 Å². The van der Waals surface area contributed by atoms with Gasteiger partial charge in [-0.3, -0.25) is 4.79 Å². The molecule has 2 rings (SSSR count). The van der Waals surface area contributed by atoms with Crippen LogP contribution in [-0.4, -0.2) is 35.4 Å². The van der Waals surface area contributed by atoms with Crippen LogP contribution in [0.3, 0.4) is 0 Å². The Hall–Kier alpha value is -2.84. The van der Waals surface area contributed by atoms with E-state index in [2.05, 4.69) is 9.72 Å². The number of ether oxygens (including phenoxy) is 1. The van der Waals surface area contributed by atoms with E-state index in [0.717, 1.165) is 18.4 Å². The van der Waals surface area contributed by atoms with Gasteiger partial charge in [-0.1, -0.05) is 13.0 Å². The first-order valence-corrected chi connectivity index (χ1v) is 7.75. The van der Waals surface area contributed by atoms with E-state index >= 15 is 0 Å². The average molecular weight is 370 g/mol. The van der Waals surface area contributed by atoms with Gasteiger partial charge in [-0.2, -0.15) is 13.2 Å². The van der Waals surface area contributed by atoms with Crippen LogP contribution >= 0.6 is 0 Å². The third-order valence-corrected chi connectivity index (χ3v) is 3.49. The molecule has 140 valence electrons. The van der Waals surface area contributed by atoms with E-state index in [0.29, 0.717) is 6.42 Å². The predicted molar refractivity (Wildman–Crippen MR) is 84.3 cm³/mol. The van der Waals surface area contributed by atoms with Crippen LogP contribution < -0.4 is 0 Å². The number of esters is 1. The Bertz CT molecular complexity index is 786. The molecule has 0 radical (unpaired) electrons. The molecule has 0 N–H and O–H groups in total. The molecule has 0 saturated carbocycles. The number of halogens is 3. The molecule has 9 heteroatoms. The van der Waals surface area contributed by atoms with Gasteiger partial charge in [0.15, 0.2) is 5.69 Å². The zero-order chi connectivity index (χ0) is 19.3. The Morgan fingerprint density at radius 2 is 2.04 bits per heavy atom. The van der Waals surface area contributed by atoms with Crippen LogP contribution in [0.15, 0.2) is 34.9 Å². The molecular weight excluding hydrogens is 353 g/mol. The second kappa shape index (κ2) is 8.03. The molecule has 6 nitrogen and oxygen atoms in total. The maximum absolute atomic E-state index is 12.8. The lowest BCUT2D eigenvalue weighted by Crippen LogP contribution is -2.31. The second-order valence-electron chi connectivity index (χ2n) is 5.42. The van der Waals surface area contributed by atoms with Crippen LogP contribution in [-0.2, 0) is 17.5 Å². The number of alkyl halides is 3. The highest BCUT2D eigenvalue weighted by molar-refractivity contribution is 5.94. The van der Waals surface area contributed by atoms with Gasteiger partial charge in [0.1, 0.15) is 6.26 Å². The van der Waals surface area contributed by atoms with Gasteiger partial charge in [0, 0.05) is 12.1 Å². The first-order valence-electron chi connectivity index (χ1n) is 7.75. The van der Waals surface area contributed by atoms with Crippen LogP contribution in [0.25, 0.3) is 0 Å². The van der Waals surface area contributed by atoms with Gasteiger partial charge in [0.05, 0.1) is 19.2 Å². The van der Waals surface area contributed by atoms with Crippen LogP contribution in [0.5, 0.6) is 0 Å². The molecule has 0 saturated heterocycles. The van der Waals surface area contributed by atoms with Gasteiger partial charge < -0.3 is 14.1 Å². The lowest BCUT2D eigenvalue weighted by molar-refractivity contribution is -0.137. The lowest BCUT2D eigenvalue weighted by Gasteiger charge is -2.21. The highest BCUT2D eigenvalue weighted by Crippen LogP contribution is 2.29. The molecule has 0 atom stereocenters. The summed E-state index contributed by atoms with van der Waals surface area (Å²) < 4.78 is 48.2. The van der Waals surface area contributed by atoms with E-state index < -0.39 is 23.6 Å². The highest BCUT2D eigenvalue weighted by Gasteiger charge is 2.31. The van der Waals surface area contributed by atoms with E-state index in [1.54, 1.807) is 0 Å². The number of aromatic nitrogens is 1. The topological polar surface area (TPSA) is 72.6 Å². The number of carbonyl (C=O) groups excluding carboxylic acids is 2. The van der Waals surface area contributed by atoms with Gasteiger partial charge in [-0.25, -0.2) is 9.78 Å². The predicted octanol–water partition coefficient (Wildman–Crippen LogP) is 3.53. The van der Waals surface area contributed by atoms with E-state index in [1.165, 1.54) is 24.1 Å². The van der Waals surface area contributed by atoms with E-state index in [-0.39, 0.29) is 30.2 Å². The summed E-state index contributed by atoms with van der Waals surface area (Å²) in [6.45, 7) is 2.02. The number of benzene rings is 1. The summed E-state index contributed by atoms with van der Waals surface area (Å²) in [5.74, 6) is -1.19. The van der Waals surface area contributed by atoms with Gasteiger partial charge in [0.2, 0.25) is 5.89 Å². The molecule has 1 heterocycles. The molecule has 0 unspecified atom stereocenters. The zero-order valence-electron chi connectivity index (χ0n) is 14.2. The summed E-state index contributed by atoms with van der Waals surface area (Å²) in [5, 5.41) is 0. The summed E-state index contributed by atoms with van der Waals surface area (Å²) in [5.41, 5.74) is -1.04. The summed E-state index contributed by atoms with van der Waals surface area (Å²) in [4.78, 5) is 29.2. The van der Waals surface area contributed by atoms with Crippen molar-refractivity contribution in [2.24, 2.45) is 0 Å². The first-order chi connectivity index (χ1) is 12.3. The molecule has 0 aliphatic heterocycles. The van der Waals surface area contributed by atoms with Crippen molar-refractivity contribution in [2.75, 3.05) is 13.7 Å². The molecule has 1 aromatic carbocycles. The van der Waals surface area contributed by atoms with Gasteiger partial charge in [-0.15, -0.1) is 0 Å². The Kier molecular flexibility index (Phi) is 6.01. The number of rotatable bonds is 6. The molecular formula is C17H17F3N2O4. The molecule has 0 aliphatic rings. The molecule has 1 aromatic heterocycles. The Labute approximate surface area is 147 Å². The fourth-order valence-corrected chi connectivity index (χ4v) is 2.28. The number of amides is 1. The number of carbonyl (C=O) groups is 2. The minimum absolute atomic E-state index is 0.0505. The van der Waals surface area contributed by atoms with Gasteiger partial charge >= 0.3 is 12.1 Å².